The molecule has 0 spiro atoms. The van der Waals surface area contributed by atoms with Crippen molar-refractivity contribution >= 4 is 5.57 Å². The normalized spacial score (nSPS) is 11.3. The highest BCUT2D eigenvalue weighted by molar-refractivity contribution is 5.73. The first-order chi connectivity index (χ1) is 8.58. The zero-order chi connectivity index (χ0) is 13.7. The molecule has 0 radical (unpaired) electrons. The molecule has 4 nitrogen and oxygen atoms in total. The lowest BCUT2D eigenvalue weighted by Gasteiger charge is -2.13. The Morgan fingerprint density at radius 1 is 1.11 bits per heavy atom. The third kappa shape index (κ3) is 2.57. The fourth-order valence-electron chi connectivity index (χ4n) is 1.79. The minimum Gasteiger partial charge on any atom is -0.493 e. The first kappa shape index (κ1) is 13.9. The number of benzene rings is 1. The van der Waals surface area contributed by atoms with Crippen LogP contribution in [0.4, 0.5) is 0 Å². The van der Waals surface area contributed by atoms with Crippen LogP contribution in [-0.2, 0) is 4.74 Å². The van der Waals surface area contributed by atoms with Gasteiger partial charge in [0, 0.05) is 5.57 Å². The number of allylic oxidation sites excluding steroid dienone is 2. The monoisotopic (exact) mass is 247 g/mol. The molecule has 0 heterocycles. The van der Waals surface area contributed by atoms with Crippen LogP contribution in [0.5, 0.6) is 11.5 Å². The van der Waals surface area contributed by atoms with Crippen LogP contribution in [0.1, 0.15) is 18.1 Å². The van der Waals surface area contributed by atoms with Crippen molar-refractivity contribution in [2.45, 2.75) is 13.8 Å². The van der Waals surface area contributed by atoms with Gasteiger partial charge in [0.25, 0.3) is 0 Å². The van der Waals surface area contributed by atoms with Crippen LogP contribution in [-0.4, -0.2) is 21.3 Å². The van der Waals surface area contributed by atoms with Gasteiger partial charge in [0.1, 0.15) is 6.07 Å². The number of ether oxygens (including phenoxy) is 3. The van der Waals surface area contributed by atoms with Gasteiger partial charge < -0.3 is 14.2 Å². The topological polar surface area (TPSA) is 51.5 Å². The van der Waals surface area contributed by atoms with Crippen molar-refractivity contribution in [2.24, 2.45) is 0 Å². The first-order valence-electron chi connectivity index (χ1n) is 5.47. The lowest BCUT2D eigenvalue weighted by molar-refractivity contribution is 0.311. The van der Waals surface area contributed by atoms with E-state index in [0.29, 0.717) is 17.3 Å². The van der Waals surface area contributed by atoms with Gasteiger partial charge in [0.05, 0.1) is 21.3 Å². The highest BCUT2D eigenvalue weighted by Gasteiger charge is 2.12. The van der Waals surface area contributed by atoms with E-state index in [1.165, 1.54) is 7.11 Å². The number of rotatable bonds is 4. The SMILES string of the molecule is COC(C#N)=C(C)c1cc(OC)c(OC)cc1C. The summed E-state index contributed by atoms with van der Waals surface area (Å²) < 4.78 is 15.5. The molecule has 0 aromatic heterocycles. The van der Waals surface area contributed by atoms with Crippen LogP contribution in [0, 0.1) is 18.3 Å². The molecule has 0 N–H and O–H groups in total. The van der Waals surface area contributed by atoms with E-state index in [2.05, 4.69) is 0 Å². The van der Waals surface area contributed by atoms with Crippen LogP contribution in [0.2, 0.25) is 0 Å². The number of methoxy groups -OCH3 is 3. The molecule has 0 aliphatic rings. The van der Waals surface area contributed by atoms with E-state index in [1.807, 2.05) is 32.0 Å². The maximum absolute atomic E-state index is 8.99. The largest absolute Gasteiger partial charge is 0.493 e. The molecule has 0 aliphatic carbocycles. The Balaban J connectivity index is 3.44. The molecule has 18 heavy (non-hydrogen) atoms. The Morgan fingerprint density at radius 2 is 1.67 bits per heavy atom. The molecule has 96 valence electrons. The summed E-state index contributed by atoms with van der Waals surface area (Å²) in [4.78, 5) is 0. The lowest BCUT2D eigenvalue weighted by atomic mass is 10.00. The number of nitriles is 1. The summed E-state index contributed by atoms with van der Waals surface area (Å²) >= 11 is 0. The van der Waals surface area contributed by atoms with Crippen LogP contribution in [0.25, 0.3) is 5.57 Å². The molecule has 4 heteroatoms. The summed E-state index contributed by atoms with van der Waals surface area (Å²) in [5.74, 6) is 1.60. The summed E-state index contributed by atoms with van der Waals surface area (Å²) in [6.07, 6.45) is 0. The summed E-state index contributed by atoms with van der Waals surface area (Å²) in [5, 5.41) is 8.99. The van der Waals surface area contributed by atoms with E-state index < -0.39 is 0 Å². The maximum Gasteiger partial charge on any atom is 0.200 e. The molecule has 0 amide bonds. The molecule has 0 atom stereocenters. The second-order valence-corrected chi connectivity index (χ2v) is 3.79. The minimum atomic E-state index is 0.297. The summed E-state index contributed by atoms with van der Waals surface area (Å²) in [6.45, 7) is 3.79. The zero-order valence-corrected chi connectivity index (χ0v) is 11.3. The number of nitrogens with zero attached hydrogens (tertiary/aromatic N) is 1. The quantitative estimate of drug-likeness (QED) is 0.606. The number of aryl methyl sites for hydroxylation is 1. The third-order valence-electron chi connectivity index (χ3n) is 2.78. The Morgan fingerprint density at radius 3 is 2.11 bits per heavy atom. The molecular weight excluding hydrogens is 230 g/mol. The molecule has 1 aromatic rings. The van der Waals surface area contributed by atoms with E-state index in [4.69, 9.17) is 19.5 Å². The van der Waals surface area contributed by atoms with E-state index >= 15 is 0 Å². The summed E-state index contributed by atoms with van der Waals surface area (Å²) in [6, 6.07) is 5.75. The second kappa shape index (κ2) is 5.97. The fraction of sp³-hybridized carbons (Fsp3) is 0.357. The Hall–Kier alpha value is -2.15. The van der Waals surface area contributed by atoms with E-state index in [9.17, 15) is 0 Å². The minimum absolute atomic E-state index is 0.297. The van der Waals surface area contributed by atoms with E-state index in [0.717, 1.165) is 16.7 Å². The predicted molar refractivity (Wildman–Crippen MR) is 69.5 cm³/mol. The van der Waals surface area contributed by atoms with Gasteiger partial charge in [-0.05, 0) is 37.1 Å². The van der Waals surface area contributed by atoms with Gasteiger partial charge in [-0.2, -0.15) is 5.26 Å². The van der Waals surface area contributed by atoms with Gasteiger partial charge in [-0.15, -0.1) is 0 Å². The predicted octanol–water partition coefficient (Wildman–Crippen LogP) is 2.91. The highest BCUT2D eigenvalue weighted by Crippen LogP contribution is 2.34. The molecule has 0 unspecified atom stereocenters. The van der Waals surface area contributed by atoms with Gasteiger partial charge in [-0.1, -0.05) is 0 Å². The van der Waals surface area contributed by atoms with Crippen LogP contribution in [0.15, 0.2) is 17.9 Å². The van der Waals surface area contributed by atoms with E-state index in [-0.39, 0.29) is 0 Å². The molecular formula is C14H17NO3. The zero-order valence-electron chi connectivity index (χ0n) is 11.3. The van der Waals surface area contributed by atoms with Gasteiger partial charge in [-0.3, -0.25) is 0 Å². The van der Waals surface area contributed by atoms with Crippen molar-refractivity contribution in [3.05, 3.63) is 29.0 Å². The second-order valence-electron chi connectivity index (χ2n) is 3.79. The average Bonchev–Trinajstić information content (AvgIpc) is 2.39. The number of hydrogen-bond acceptors (Lipinski definition) is 4. The molecule has 0 saturated heterocycles. The molecule has 1 aromatic carbocycles. The van der Waals surface area contributed by atoms with Crippen molar-refractivity contribution in [1.29, 1.82) is 5.26 Å². The molecule has 0 fully saturated rings. The van der Waals surface area contributed by atoms with Crippen molar-refractivity contribution in [3.8, 4) is 17.6 Å². The van der Waals surface area contributed by atoms with Crippen molar-refractivity contribution in [2.75, 3.05) is 21.3 Å². The molecule has 0 saturated carbocycles. The van der Waals surface area contributed by atoms with Crippen molar-refractivity contribution in [1.82, 2.24) is 0 Å². The van der Waals surface area contributed by atoms with Crippen molar-refractivity contribution < 1.29 is 14.2 Å². The van der Waals surface area contributed by atoms with Crippen molar-refractivity contribution in [3.63, 3.8) is 0 Å². The third-order valence-corrected chi connectivity index (χ3v) is 2.78. The number of hydrogen-bond donors (Lipinski definition) is 0. The lowest BCUT2D eigenvalue weighted by Crippen LogP contribution is -1.97. The van der Waals surface area contributed by atoms with Gasteiger partial charge in [0.2, 0.25) is 0 Å². The van der Waals surface area contributed by atoms with Crippen LogP contribution in [0.3, 0.4) is 0 Å². The Kier molecular flexibility index (Phi) is 4.61. The highest BCUT2D eigenvalue weighted by atomic mass is 16.5. The molecule has 0 aliphatic heterocycles. The molecule has 1 rings (SSSR count). The standard InChI is InChI=1S/C14H17NO3/c1-9-6-12(16-3)13(17-4)7-11(9)10(2)14(8-15)18-5/h6-7H,1-5H3. The first-order valence-corrected chi connectivity index (χ1v) is 5.47. The maximum atomic E-state index is 8.99. The summed E-state index contributed by atoms with van der Waals surface area (Å²) in [7, 11) is 4.66. The molecule has 0 bridgehead atoms. The smallest absolute Gasteiger partial charge is 0.200 e. The van der Waals surface area contributed by atoms with Gasteiger partial charge in [-0.25, -0.2) is 0 Å². The Bertz CT molecular complexity index is 513. The summed E-state index contributed by atoms with van der Waals surface area (Å²) in [5.41, 5.74) is 2.68. The van der Waals surface area contributed by atoms with Crippen LogP contribution < -0.4 is 9.47 Å². The Labute approximate surface area is 107 Å². The van der Waals surface area contributed by atoms with Gasteiger partial charge >= 0.3 is 0 Å². The average molecular weight is 247 g/mol. The fourth-order valence-corrected chi connectivity index (χ4v) is 1.79. The van der Waals surface area contributed by atoms with Crippen LogP contribution >= 0.6 is 0 Å². The van der Waals surface area contributed by atoms with E-state index in [1.54, 1.807) is 14.2 Å². The van der Waals surface area contributed by atoms with Gasteiger partial charge in [0.15, 0.2) is 17.3 Å².